The van der Waals surface area contributed by atoms with Gasteiger partial charge in [0.1, 0.15) is 17.5 Å². The minimum Gasteiger partial charge on any atom is -0.410 e. The predicted molar refractivity (Wildman–Crippen MR) is 277 cm³/mol. The van der Waals surface area contributed by atoms with E-state index in [4.69, 9.17) is 8.85 Å². The van der Waals surface area contributed by atoms with Crippen LogP contribution in [-0.2, 0) is 22.1 Å². The molecule has 67 heavy (non-hydrogen) atoms. The molecular formula is C63H60N3O+. The quantitative estimate of drug-likeness (QED) is 0.155. The molecule has 0 N–H and O–H groups in total. The van der Waals surface area contributed by atoms with Crippen molar-refractivity contribution in [3.63, 3.8) is 0 Å². The van der Waals surface area contributed by atoms with Gasteiger partial charge in [-0.2, -0.15) is 0 Å². The number of pyridine rings is 1. The molecule has 0 radical (unpaired) electrons. The van der Waals surface area contributed by atoms with Gasteiger partial charge in [0.2, 0.25) is 5.69 Å². The lowest BCUT2D eigenvalue weighted by atomic mass is 9.77. The van der Waals surface area contributed by atoms with Gasteiger partial charge in [-0.05, 0) is 105 Å². The SMILES string of the molecule is [2H]C([2H])([2H])c1ccc(-c2cc[n+]3c(c2)-c2cc(-c4ccccc4)cc4c2C32Oc3c(cc(C(C)(C)C)cc3C(C)(C)C)C3N(c5ccc(C(C)(C)CC)cc5-c5ccccc5)c5cccc-4c5N32)cc1. The lowest BCUT2D eigenvalue weighted by molar-refractivity contribution is -0.774. The molecule has 0 amide bonds. The molecule has 4 heteroatoms. The minimum atomic E-state index is -2.19. The fourth-order valence-electron chi connectivity index (χ4n) is 11.3. The van der Waals surface area contributed by atoms with Crippen molar-refractivity contribution in [3.05, 3.63) is 197 Å². The van der Waals surface area contributed by atoms with E-state index in [0.717, 1.165) is 79.4 Å². The molecule has 0 saturated heterocycles. The topological polar surface area (TPSA) is 19.6 Å². The van der Waals surface area contributed by atoms with Crippen LogP contribution in [0.3, 0.4) is 0 Å². The van der Waals surface area contributed by atoms with Crippen LogP contribution >= 0.6 is 0 Å². The zero-order chi connectivity index (χ0) is 48.9. The summed E-state index contributed by atoms with van der Waals surface area (Å²) in [5.41, 5.74) is 20.4. The van der Waals surface area contributed by atoms with E-state index in [0.29, 0.717) is 5.56 Å². The Morgan fingerprint density at radius 1 is 0.582 bits per heavy atom. The Labute approximate surface area is 401 Å². The number of para-hydroxylation sites is 1. The molecule has 8 aromatic rings. The molecule has 0 aliphatic carbocycles. The number of benzene rings is 7. The Morgan fingerprint density at radius 2 is 1.28 bits per heavy atom. The van der Waals surface area contributed by atoms with E-state index in [1.807, 2.05) is 12.1 Å². The molecule has 2 unspecified atom stereocenters. The fraction of sp³-hybridized carbons (Fsp3) is 0.254. The van der Waals surface area contributed by atoms with Crippen LogP contribution in [0.25, 0.3) is 55.8 Å². The number of rotatable bonds is 6. The van der Waals surface area contributed by atoms with Crippen LogP contribution in [0.4, 0.5) is 17.1 Å². The van der Waals surface area contributed by atoms with Crippen molar-refractivity contribution in [2.45, 2.75) is 104 Å². The normalized spacial score (nSPS) is 18.3. The van der Waals surface area contributed by atoms with Gasteiger partial charge in [0, 0.05) is 44.1 Å². The van der Waals surface area contributed by atoms with Gasteiger partial charge in [-0.1, -0.05) is 177 Å². The average Bonchev–Trinajstić information content (AvgIpc) is 3.84. The van der Waals surface area contributed by atoms with Gasteiger partial charge in [0.25, 0.3) is 0 Å². The summed E-state index contributed by atoms with van der Waals surface area (Å²) in [4.78, 5) is 5.25. The van der Waals surface area contributed by atoms with Crippen molar-refractivity contribution in [1.29, 1.82) is 0 Å². The van der Waals surface area contributed by atoms with Crippen LogP contribution in [0.2, 0.25) is 0 Å². The Bertz CT molecular complexity index is 3440. The molecule has 332 valence electrons. The maximum atomic E-state index is 8.19. The summed E-state index contributed by atoms with van der Waals surface area (Å²) in [6, 6.07) is 57.1. The maximum Gasteiger partial charge on any atom is 0.432 e. The van der Waals surface area contributed by atoms with Crippen molar-refractivity contribution >= 4 is 17.1 Å². The number of hydrogen-bond donors (Lipinski definition) is 0. The van der Waals surface area contributed by atoms with Gasteiger partial charge in [0.15, 0.2) is 6.20 Å². The average molecular weight is 878 g/mol. The number of aryl methyl sites for hydroxylation is 1. The molecule has 4 nitrogen and oxygen atoms in total. The molecular weight excluding hydrogens is 815 g/mol. The van der Waals surface area contributed by atoms with E-state index in [1.54, 1.807) is 12.1 Å². The first-order chi connectivity index (χ1) is 33.3. The molecule has 12 rings (SSSR count). The highest BCUT2D eigenvalue weighted by atomic mass is 16.5. The number of fused-ring (bicyclic) bond motifs is 5. The van der Waals surface area contributed by atoms with Crippen LogP contribution in [-0.4, -0.2) is 0 Å². The first-order valence-corrected chi connectivity index (χ1v) is 24.0. The summed E-state index contributed by atoms with van der Waals surface area (Å²) in [7, 11) is 0. The van der Waals surface area contributed by atoms with E-state index in [2.05, 4.69) is 216 Å². The number of nitrogens with zero attached hydrogens (tertiary/aromatic N) is 3. The van der Waals surface area contributed by atoms with E-state index >= 15 is 0 Å². The van der Waals surface area contributed by atoms with Crippen molar-refractivity contribution in [2.24, 2.45) is 0 Å². The van der Waals surface area contributed by atoms with Crippen molar-refractivity contribution < 1.29 is 13.4 Å². The second-order valence-corrected chi connectivity index (χ2v) is 21.8. The molecule has 2 atom stereocenters. The molecule has 0 bridgehead atoms. The van der Waals surface area contributed by atoms with Gasteiger partial charge in [-0.3, -0.25) is 0 Å². The van der Waals surface area contributed by atoms with Crippen molar-refractivity contribution in [1.82, 2.24) is 0 Å². The second-order valence-electron chi connectivity index (χ2n) is 21.8. The highest BCUT2D eigenvalue weighted by molar-refractivity contribution is 6.03. The molecule has 0 saturated carbocycles. The van der Waals surface area contributed by atoms with Crippen LogP contribution in [0.1, 0.15) is 112 Å². The minimum absolute atomic E-state index is 0.0271. The zero-order valence-electron chi connectivity index (χ0n) is 43.1. The third kappa shape index (κ3) is 6.00. The summed E-state index contributed by atoms with van der Waals surface area (Å²) < 4.78 is 34.8. The van der Waals surface area contributed by atoms with Crippen LogP contribution < -0.4 is 19.1 Å². The first kappa shape index (κ1) is 38.2. The maximum absolute atomic E-state index is 8.19. The van der Waals surface area contributed by atoms with Crippen molar-refractivity contribution in [2.75, 3.05) is 9.80 Å². The monoisotopic (exact) mass is 877 g/mol. The van der Waals surface area contributed by atoms with E-state index in [1.165, 1.54) is 33.4 Å². The molecule has 1 spiro atoms. The summed E-state index contributed by atoms with van der Waals surface area (Å²) >= 11 is 0. The Hall–Kier alpha value is -6.91. The van der Waals surface area contributed by atoms with Crippen molar-refractivity contribution in [3.8, 4) is 61.5 Å². The Balaban J connectivity index is 1.21. The van der Waals surface area contributed by atoms with Gasteiger partial charge in [0.05, 0.1) is 22.6 Å². The van der Waals surface area contributed by atoms with Crippen LogP contribution in [0, 0.1) is 6.85 Å². The molecule has 7 aromatic carbocycles. The van der Waals surface area contributed by atoms with Gasteiger partial charge >= 0.3 is 5.85 Å². The van der Waals surface area contributed by atoms with Gasteiger partial charge in [-0.15, -0.1) is 4.57 Å². The second kappa shape index (κ2) is 14.3. The smallest absolute Gasteiger partial charge is 0.410 e. The molecule has 0 fully saturated rings. The number of ether oxygens (including phenoxy) is 1. The Kier molecular flexibility index (Phi) is 8.16. The third-order valence-electron chi connectivity index (χ3n) is 15.3. The first-order valence-electron chi connectivity index (χ1n) is 25.5. The highest BCUT2D eigenvalue weighted by Gasteiger charge is 2.70. The van der Waals surface area contributed by atoms with E-state index in [-0.39, 0.29) is 22.4 Å². The number of aromatic nitrogens is 1. The molecule has 4 aliphatic rings. The van der Waals surface area contributed by atoms with Crippen LogP contribution in [0.15, 0.2) is 164 Å². The standard InChI is InChI=1S/C63H60N3O/c1-11-62(9,10)45-29-30-53(48(36-45)42-21-16-13-17-22-42)65-54-24-18-23-47-49-33-44(40-19-14-12-15-20-40)34-50-55-35-43(41-27-25-39(2)26-28-41)31-32-64(55)63(56(49)50)66(57(47)54)59(65)51-37-46(60(3,4)5)38-52(58(51)67-63)61(6,7)8/h12-38,59H,11H2,1-10H3/q+1/i2D3. The lowest BCUT2D eigenvalue weighted by Gasteiger charge is -2.49. The number of anilines is 3. The molecule has 1 aromatic heterocycles. The zero-order valence-corrected chi connectivity index (χ0v) is 40.1. The number of hydrogen-bond acceptors (Lipinski definition) is 3. The fourth-order valence-corrected chi connectivity index (χ4v) is 11.3. The summed E-state index contributed by atoms with van der Waals surface area (Å²) in [5, 5.41) is 0. The van der Waals surface area contributed by atoms with Gasteiger partial charge in [-0.25, -0.2) is 4.90 Å². The van der Waals surface area contributed by atoms with E-state index < -0.39 is 12.7 Å². The largest absolute Gasteiger partial charge is 0.432 e. The molecule has 4 aliphatic heterocycles. The third-order valence-corrected chi connectivity index (χ3v) is 15.3. The van der Waals surface area contributed by atoms with Gasteiger partial charge < -0.3 is 9.64 Å². The lowest BCUT2D eigenvalue weighted by Crippen LogP contribution is -2.71. The summed E-state index contributed by atoms with van der Waals surface area (Å²) in [6.45, 7) is 18.7. The summed E-state index contributed by atoms with van der Waals surface area (Å²) in [5.74, 6) is -0.226. The molecule has 5 heterocycles. The Morgan fingerprint density at radius 3 is 1.97 bits per heavy atom. The van der Waals surface area contributed by atoms with E-state index in [9.17, 15) is 0 Å². The predicted octanol–water partition coefficient (Wildman–Crippen LogP) is 15.9. The summed E-state index contributed by atoms with van der Waals surface area (Å²) in [6.07, 6.45) is 2.91. The highest BCUT2D eigenvalue weighted by Crippen LogP contribution is 2.68. The van der Waals surface area contributed by atoms with Crippen LogP contribution in [0.5, 0.6) is 5.75 Å².